The lowest BCUT2D eigenvalue weighted by Crippen LogP contribution is -2.28. The van der Waals surface area contributed by atoms with Gasteiger partial charge in [0.25, 0.3) is 5.91 Å². The van der Waals surface area contributed by atoms with E-state index in [1.807, 2.05) is 0 Å². The van der Waals surface area contributed by atoms with E-state index in [0.29, 0.717) is 18.7 Å². The first kappa shape index (κ1) is 13.2. The number of benzene rings is 2. The quantitative estimate of drug-likeness (QED) is 0.886. The molecule has 1 aliphatic rings. The minimum Gasteiger partial charge on any atom is -0.507 e. The Morgan fingerprint density at radius 1 is 1.10 bits per heavy atom. The van der Waals surface area contributed by atoms with Crippen molar-refractivity contribution >= 4 is 17.6 Å². The molecule has 0 saturated carbocycles. The Bertz CT molecular complexity index is 739. The molecular weight excluding hydrogens is 270 g/mol. The van der Waals surface area contributed by atoms with E-state index in [-0.39, 0.29) is 22.8 Å². The smallest absolute Gasteiger partial charge is 0.335 e. The fourth-order valence-corrected chi connectivity index (χ4v) is 2.55. The predicted octanol–water partition coefficient (Wildman–Crippen LogP) is 2.29. The summed E-state index contributed by atoms with van der Waals surface area (Å²) in [5.41, 5.74) is 1.99. The molecule has 0 unspecified atom stereocenters. The highest BCUT2D eigenvalue weighted by Crippen LogP contribution is 2.31. The van der Waals surface area contributed by atoms with Gasteiger partial charge in [-0.15, -0.1) is 0 Å². The molecule has 0 fully saturated rings. The molecule has 0 saturated heterocycles. The van der Waals surface area contributed by atoms with Crippen LogP contribution in [0.4, 0.5) is 5.69 Å². The van der Waals surface area contributed by atoms with Crippen molar-refractivity contribution in [3.8, 4) is 5.75 Å². The standard InChI is InChI=1S/C16H13NO4/c18-14-4-2-1-3-12(14)15(19)17-8-7-10-9-11(16(20)21)5-6-13(10)17/h1-6,9,18H,7-8H2,(H,20,21). The number of aromatic hydroxyl groups is 1. The lowest BCUT2D eigenvalue weighted by molar-refractivity contribution is 0.0696. The summed E-state index contributed by atoms with van der Waals surface area (Å²) in [6.07, 6.45) is 0.607. The normalized spacial score (nSPS) is 13.0. The molecule has 106 valence electrons. The number of carbonyl (C=O) groups excluding carboxylic acids is 1. The van der Waals surface area contributed by atoms with E-state index in [0.717, 1.165) is 5.56 Å². The molecule has 0 radical (unpaired) electrons. The van der Waals surface area contributed by atoms with Crippen molar-refractivity contribution in [1.29, 1.82) is 0 Å². The Morgan fingerprint density at radius 3 is 2.57 bits per heavy atom. The number of hydrogen-bond acceptors (Lipinski definition) is 3. The van der Waals surface area contributed by atoms with E-state index >= 15 is 0 Å². The number of phenolic OH excluding ortho intramolecular Hbond substituents is 1. The van der Waals surface area contributed by atoms with Crippen LogP contribution in [0, 0.1) is 0 Å². The van der Waals surface area contributed by atoms with Gasteiger partial charge in [-0.25, -0.2) is 4.79 Å². The van der Waals surface area contributed by atoms with E-state index < -0.39 is 5.97 Å². The van der Waals surface area contributed by atoms with Gasteiger partial charge < -0.3 is 15.1 Å². The maximum atomic E-state index is 12.5. The van der Waals surface area contributed by atoms with Crippen molar-refractivity contribution in [2.45, 2.75) is 6.42 Å². The van der Waals surface area contributed by atoms with Crippen LogP contribution in [-0.2, 0) is 6.42 Å². The number of hydrogen-bond donors (Lipinski definition) is 2. The minimum absolute atomic E-state index is 0.0573. The molecule has 5 heteroatoms. The maximum Gasteiger partial charge on any atom is 0.335 e. The van der Waals surface area contributed by atoms with Gasteiger partial charge in [-0.05, 0) is 42.3 Å². The van der Waals surface area contributed by atoms with Gasteiger partial charge >= 0.3 is 5.97 Å². The lowest BCUT2D eigenvalue weighted by atomic mass is 10.1. The van der Waals surface area contributed by atoms with Gasteiger partial charge in [0.15, 0.2) is 0 Å². The number of rotatable bonds is 2. The number of fused-ring (bicyclic) bond motifs is 1. The number of nitrogens with zero attached hydrogens (tertiary/aromatic N) is 1. The largest absolute Gasteiger partial charge is 0.507 e. The molecular formula is C16H13NO4. The summed E-state index contributed by atoms with van der Waals surface area (Å²) in [4.78, 5) is 25.0. The highest BCUT2D eigenvalue weighted by Gasteiger charge is 2.27. The Balaban J connectivity index is 1.96. The summed E-state index contributed by atoms with van der Waals surface area (Å²) in [6.45, 7) is 0.478. The van der Waals surface area contributed by atoms with E-state index in [1.54, 1.807) is 35.2 Å². The fraction of sp³-hybridized carbons (Fsp3) is 0.125. The average Bonchev–Trinajstić information content (AvgIpc) is 2.90. The molecule has 0 atom stereocenters. The summed E-state index contributed by atoms with van der Waals surface area (Å²) in [5.74, 6) is -1.32. The number of carboxylic acids is 1. The van der Waals surface area contributed by atoms with E-state index in [2.05, 4.69) is 0 Å². The second-order valence-electron chi connectivity index (χ2n) is 4.87. The third-order valence-electron chi connectivity index (χ3n) is 3.60. The molecule has 1 amide bonds. The number of phenols is 1. The highest BCUT2D eigenvalue weighted by molar-refractivity contribution is 6.09. The SMILES string of the molecule is O=C(O)c1ccc2c(c1)CCN2C(=O)c1ccccc1O. The van der Waals surface area contributed by atoms with Gasteiger partial charge in [-0.1, -0.05) is 12.1 Å². The first-order valence-corrected chi connectivity index (χ1v) is 6.54. The van der Waals surface area contributed by atoms with Crippen LogP contribution < -0.4 is 4.90 Å². The Morgan fingerprint density at radius 2 is 1.86 bits per heavy atom. The molecule has 0 spiro atoms. The molecule has 5 nitrogen and oxygen atoms in total. The monoisotopic (exact) mass is 283 g/mol. The first-order valence-electron chi connectivity index (χ1n) is 6.54. The van der Waals surface area contributed by atoms with Crippen molar-refractivity contribution in [3.05, 3.63) is 59.2 Å². The van der Waals surface area contributed by atoms with Crippen molar-refractivity contribution in [2.75, 3.05) is 11.4 Å². The molecule has 2 N–H and O–H groups in total. The van der Waals surface area contributed by atoms with Crippen LogP contribution in [0.3, 0.4) is 0 Å². The van der Waals surface area contributed by atoms with Crippen LogP contribution in [0.2, 0.25) is 0 Å². The number of carbonyl (C=O) groups is 2. The van der Waals surface area contributed by atoms with Gasteiger partial charge in [-0.3, -0.25) is 4.79 Å². The number of anilines is 1. The summed E-state index contributed by atoms with van der Waals surface area (Å²) in [5, 5.41) is 18.8. The molecule has 2 aromatic rings. The van der Waals surface area contributed by atoms with Gasteiger partial charge in [0.2, 0.25) is 0 Å². The van der Waals surface area contributed by atoms with Gasteiger partial charge in [0, 0.05) is 12.2 Å². The predicted molar refractivity (Wildman–Crippen MR) is 76.9 cm³/mol. The number of carboxylic acid groups (broad SMARTS) is 1. The molecule has 0 aromatic heterocycles. The van der Waals surface area contributed by atoms with Gasteiger partial charge in [0.1, 0.15) is 5.75 Å². The Kier molecular flexibility index (Phi) is 3.10. The van der Waals surface area contributed by atoms with Crippen LogP contribution in [0.1, 0.15) is 26.3 Å². The zero-order valence-corrected chi connectivity index (χ0v) is 11.1. The first-order chi connectivity index (χ1) is 10.1. The zero-order valence-electron chi connectivity index (χ0n) is 11.1. The molecule has 0 bridgehead atoms. The van der Waals surface area contributed by atoms with Gasteiger partial charge in [-0.2, -0.15) is 0 Å². The van der Waals surface area contributed by atoms with Crippen molar-refractivity contribution in [2.24, 2.45) is 0 Å². The third kappa shape index (κ3) is 2.23. The molecule has 0 aliphatic carbocycles. The van der Waals surface area contributed by atoms with Crippen LogP contribution in [-0.4, -0.2) is 28.6 Å². The van der Waals surface area contributed by atoms with E-state index in [9.17, 15) is 14.7 Å². The summed E-state index contributed by atoms with van der Waals surface area (Å²) in [7, 11) is 0. The molecule has 21 heavy (non-hydrogen) atoms. The van der Waals surface area contributed by atoms with E-state index in [1.165, 1.54) is 12.1 Å². The molecule has 2 aromatic carbocycles. The summed E-state index contributed by atoms with van der Waals surface area (Å²) >= 11 is 0. The van der Waals surface area contributed by atoms with E-state index in [4.69, 9.17) is 5.11 Å². The zero-order chi connectivity index (χ0) is 15.0. The Hall–Kier alpha value is -2.82. The molecule has 3 rings (SSSR count). The number of para-hydroxylation sites is 1. The number of aromatic carboxylic acids is 1. The van der Waals surface area contributed by atoms with Crippen molar-refractivity contribution in [3.63, 3.8) is 0 Å². The third-order valence-corrected chi connectivity index (χ3v) is 3.60. The summed E-state index contributed by atoms with van der Waals surface area (Å²) in [6, 6.07) is 11.1. The lowest BCUT2D eigenvalue weighted by Gasteiger charge is -2.18. The Labute approximate surface area is 121 Å². The van der Waals surface area contributed by atoms with Crippen LogP contribution in [0.15, 0.2) is 42.5 Å². The topological polar surface area (TPSA) is 77.8 Å². The minimum atomic E-state index is -0.983. The highest BCUT2D eigenvalue weighted by atomic mass is 16.4. The second-order valence-corrected chi connectivity index (χ2v) is 4.87. The number of amides is 1. The van der Waals surface area contributed by atoms with Crippen LogP contribution in [0.5, 0.6) is 5.75 Å². The van der Waals surface area contributed by atoms with Gasteiger partial charge in [0.05, 0.1) is 11.1 Å². The molecule has 1 heterocycles. The summed E-state index contributed by atoms with van der Waals surface area (Å²) < 4.78 is 0. The van der Waals surface area contributed by atoms with Crippen LogP contribution >= 0.6 is 0 Å². The fourth-order valence-electron chi connectivity index (χ4n) is 2.55. The van der Waals surface area contributed by atoms with Crippen molar-refractivity contribution < 1.29 is 19.8 Å². The van der Waals surface area contributed by atoms with Crippen molar-refractivity contribution in [1.82, 2.24) is 0 Å². The maximum absolute atomic E-state index is 12.5. The molecule has 1 aliphatic heterocycles. The average molecular weight is 283 g/mol. The van der Waals surface area contributed by atoms with Crippen LogP contribution in [0.25, 0.3) is 0 Å². The second kappa shape index (κ2) is 4.94.